The van der Waals surface area contributed by atoms with E-state index in [4.69, 9.17) is 15.5 Å². The van der Waals surface area contributed by atoms with E-state index in [1.807, 2.05) is 12.1 Å². The number of benzene rings is 1. The molecule has 21 heavy (non-hydrogen) atoms. The van der Waals surface area contributed by atoms with Crippen molar-refractivity contribution in [2.24, 2.45) is 0 Å². The minimum atomic E-state index is 0.308. The van der Waals surface area contributed by atoms with Gasteiger partial charge in [-0.1, -0.05) is 31.2 Å². The van der Waals surface area contributed by atoms with Crippen LogP contribution in [0.25, 0.3) is 11.3 Å². The van der Waals surface area contributed by atoms with Crippen LogP contribution in [0.4, 0.5) is 5.82 Å². The van der Waals surface area contributed by atoms with E-state index < -0.39 is 0 Å². The minimum absolute atomic E-state index is 0.308. The molecular formula is C17H25N3O. The maximum Gasteiger partial charge on any atom is 0.131 e. The van der Waals surface area contributed by atoms with Gasteiger partial charge in [0.2, 0.25) is 0 Å². The van der Waals surface area contributed by atoms with Crippen LogP contribution in [0.5, 0.6) is 0 Å². The van der Waals surface area contributed by atoms with Gasteiger partial charge in [0.1, 0.15) is 17.3 Å². The van der Waals surface area contributed by atoms with E-state index in [1.54, 1.807) is 7.11 Å². The molecule has 4 heteroatoms. The molecule has 0 aliphatic heterocycles. The van der Waals surface area contributed by atoms with Crippen LogP contribution in [0.3, 0.4) is 0 Å². The molecule has 0 aliphatic carbocycles. The minimum Gasteiger partial charge on any atom is -0.383 e. The van der Waals surface area contributed by atoms with E-state index >= 15 is 0 Å². The molecule has 2 rings (SSSR count). The summed E-state index contributed by atoms with van der Waals surface area (Å²) in [6.45, 7) is 7.01. The fourth-order valence-electron chi connectivity index (χ4n) is 2.70. The van der Waals surface area contributed by atoms with Crippen molar-refractivity contribution in [2.75, 3.05) is 12.8 Å². The molecule has 4 nitrogen and oxygen atoms in total. The Bertz CT molecular complexity index is 602. The first-order valence-corrected chi connectivity index (χ1v) is 7.53. The molecule has 0 bridgehead atoms. The van der Waals surface area contributed by atoms with Crippen LogP contribution in [0.15, 0.2) is 24.3 Å². The van der Waals surface area contributed by atoms with E-state index in [9.17, 15) is 0 Å². The molecule has 0 saturated heterocycles. The van der Waals surface area contributed by atoms with Gasteiger partial charge in [-0.3, -0.25) is 0 Å². The molecule has 0 radical (unpaired) electrons. The smallest absolute Gasteiger partial charge is 0.131 e. The van der Waals surface area contributed by atoms with E-state index in [0.717, 1.165) is 41.3 Å². The Balaban J connectivity index is 2.57. The number of hydrogen-bond acceptors (Lipinski definition) is 3. The Morgan fingerprint density at radius 2 is 2.00 bits per heavy atom. The molecule has 2 aromatic rings. The Kier molecular flexibility index (Phi) is 5.02. The first kappa shape index (κ1) is 15.6. The lowest BCUT2D eigenvalue weighted by atomic mass is 10.1. The molecule has 0 unspecified atom stereocenters. The largest absolute Gasteiger partial charge is 0.383 e. The molecule has 0 amide bonds. The zero-order valence-electron chi connectivity index (χ0n) is 13.4. The van der Waals surface area contributed by atoms with Gasteiger partial charge in [0.15, 0.2) is 0 Å². The van der Waals surface area contributed by atoms with Crippen molar-refractivity contribution in [1.29, 1.82) is 0 Å². The predicted octanol–water partition coefficient (Wildman–Crippen LogP) is 3.81. The van der Waals surface area contributed by atoms with Gasteiger partial charge < -0.3 is 15.0 Å². The average molecular weight is 287 g/mol. The molecule has 0 atom stereocenters. The van der Waals surface area contributed by atoms with E-state index in [1.165, 1.54) is 0 Å². The number of rotatable bonds is 6. The van der Waals surface area contributed by atoms with Gasteiger partial charge >= 0.3 is 0 Å². The summed E-state index contributed by atoms with van der Waals surface area (Å²) in [6.07, 6.45) is 2.00. The highest BCUT2D eigenvalue weighted by Gasteiger charge is 2.19. The number of nitrogens with two attached hydrogens (primary N) is 1. The Morgan fingerprint density at radius 3 is 2.62 bits per heavy atom. The Hall–Kier alpha value is -1.81. The normalized spacial score (nSPS) is 11.3. The molecule has 0 saturated carbocycles. The highest BCUT2D eigenvalue weighted by atomic mass is 16.5. The molecule has 114 valence electrons. The van der Waals surface area contributed by atoms with Gasteiger partial charge in [0.05, 0.1) is 6.61 Å². The van der Waals surface area contributed by atoms with Gasteiger partial charge in [-0.15, -0.1) is 0 Å². The number of aromatic nitrogens is 2. The number of ether oxygens (including phenoxy) is 1. The lowest BCUT2D eigenvalue weighted by molar-refractivity contribution is 0.185. The summed E-state index contributed by atoms with van der Waals surface area (Å²) in [5.41, 5.74) is 9.44. The first-order valence-electron chi connectivity index (χ1n) is 7.53. The highest BCUT2D eigenvalue weighted by molar-refractivity contribution is 5.74. The number of anilines is 1. The number of hydrogen-bond donors (Lipinski definition) is 1. The van der Waals surface area contributed by atoms with Crippen molar-refractivity contribution >= 4 is 5.82 Å². The second kappa shape index (κ2) is 6.76. The fraction of sp³-hybridized carbons (Fsp3) is 0.471. The summed E-state index contributed by atoms with van der Waals surface area (Å²) in [4.78, 5) is 4.82. The predicted molar refractivity (Wildman–Crippen MR) is 87.2 cm³/mol. The summed E-state index contributed by atoms with van der Waals surface area (Å²) in [5, 5.41) is 0. The second-order valence-electron chi connectivity index (χ2n) is 5.57. The van der Waals surface area contributed by atoms with E-state index in [-0.39, 0.29) is 0 Å². The topological polar surface area (TPSA) is 53.1 Å². The van der Waals surface area contributed by atoms with E-state index in [0.29, 0.717) is 12.6 Å². The number of imidazole rings is 1. The zero-order chi connectivity index (χ0) is 15.4. The molecular weight excluding hydrogens is 262 g/mol. The van der Waals surface area contributed by atoms with Gasteiger partial charge in [0, 0.05) is 25.1 Å². The van der Waals surface area contributed by atoms with Gasteiger partial charge in [-0.05, 0) is 25.8 Å². The van der Waals surface area contributed by atoms with Crippen molar-refractivity contribution in [3.8, 4) is 11.3 Å². The van der Waals surface area contributed by atoms with Crippen LogP contribution in [-0.2, 0) is 17.8 Å². The van der Waals surface area contributed by atoms with Crippen molar-refractivity contribution < 1.29 is 4.74 Å². The third-order valence-electron chi connectivity index (χ3n) is 3.58. The van der Waals surface area contributed by atoms with Crippen molar-refractivity contribution in [3.05, 3.63) is 35.7 Å². The van der Waals surface area contributed by atoms with Crippen LogP contribution < -0.4 is 5.73 Å². The quantitative estimate of drug-likeness (QED) is 0.879. The summed E-state index contributed by atoms with van der Waals surface area (Å²) < 4.78 is 7.43. The number of methoxy groups -OCH3 is 1. The van der Waals surface area contributed by atoms with Crippen LogP contribution in [-0.4, -0.2) is 16.7 Å². The molecule has 0 spiro atoms. The number of nitrogen functional groups attached to an aromatic ring is 1. The zero-order valence-corrected chi connectivity index (χ0v) is 13.4. The van der Waals surface area contributed by atoms with E-state index in [2.05, 4.69) is 37.5 Å². The average Bonchev–Trinajstić information content (AvgIpc) is 2.77. The molecule has 0 aliphatic rings. The van der Waals surface area contributed by atoms with Gasteiger partial charge in [-0.2, -0.15) is 0 Å². The summed E-state index contributed by atoms with van der Waals surface area (Å²) >= 11 is 0. The monoisotopic (exact) mass is 287 g/mol. The molecule has 1 aromatic heterocycles. The fourth-order valence-corrected chi connectivity index (χ4v) is 2.70. The SMILES string of the molecule is CCCc1nc(-c2ccccc2COC)c(N)n1C(C)C. The maximum absolute atomic E-state index is 6.39. The third kappa shape index (κ3) is 3.10. The van der Waals surface area contributed by atoms with Crippen molar-refractivity contribution in [3.63, 3.8) is 0 Å². The summed E-state index contributed by atoms with van der Waals surface area (Å²) in [7, 11) is 1.70. The van der Waals surface area contributed by atoms with Crippen LogP contribution in [0.1, 0.15) is 44.6 Å². The van der Waals surface area contributed by atoms with Crippen LogP contribution in [0.2, 0.25) is 0 Å². The molecule has 0 fully saturated rings. The third-order valence-corrected chi connectivity index (χ3v) is 3.58. The summed E-state index contributed by atoms with van der Waals surface area (Å²) in [5.74, 6) is 1.81. The Morgan fingerprint density at radius 1 is 1.29 bits per heavy atom. The number of aryl methyl sites for hydroxylation is 1. The maximum atomic E-state index is 6.39. The number of nitrogens with zero attached hydrogens (tertiary/aromatic N) is 2. The van der Waals surface area contributed by atoms with Crippen LogP contribution in [0, 0.1) is 0 Å². The molecule has 2 N–H and O–H groups in total. The van der Waals surface area contributed by atoms with Crippen molar-refractivity contribution in [1.82, 2.24) is 9.55 Å². The van der Waals surface area contributed by atoms with Gasteiger partial charge in [0.25, 0.3) is 0 Å². The first-order chi connectivity index (χ1) is 10.1. The van der Waals surface area contributed by atoms with Gasteiger partial charge in [-0.25, -0.2) is 4.98 Å². The second-order valence-corrected chi connectivity index (χ2v) is 5.57. The summed E-state index contributed by atoms with van der Waals surface area (Å²) in [6, 6.07) is 8.46. The molecule has 1 heterocycles. The van der Waals surface area contributed by atoms with Crippen molar-refractivity contribution in [2.45, 2.75) is 46.3 Å². The lowest BCUT2D eigenvalue weighted by Gasteiger charge is -2.13. The highest BCUT2D eigenvalue weighted by Crippen LogP contribution is 2.32. The lowest BCUT2D eigenvalue weighted by Crippen LogP contribution is -2.09. The standard InChI is InChI=1S/C17H25N3O/c1-5-8-15-19-16(17(18)20(15)12(2)3)14-10-7-6-9-13(14)11-21-4/h6-7,9-10,12H,5,8,11,18H2,1-4H3. The van der Waals surface area contributed by atoms with Crippen LogP contribution >= 0.6 is 0 Å². The Labute approximate surface area is 127 Å². The molecule has 1 aromatic carbocycles.